The molecule has 3 aromatic carbocycles. The fourth-order valence-corrected chi connectivity index (χ4v) is 3.43. The number of esters is 1. The Bertz CT molecular complexity index is 1060. The van der Waals surface area contributed by atoms with Crippen molar-refractivity contribution in [3.63, 3.8) is 0 Å². The molecule has 0 bridgehead atoms. The lowest BCUT2D eigenvalue weighted by Gasteiger charge is -2.28. The Morgan fingerprint density at radius 1 is 1.03 bits per heavy atom. The fraction of sp³-hybridized carbons (Fsp3) is 0.208. The van der Waals surface area contributed by atoms with Crippen LogP contribution in [0.3, 0.4) is 0 Å². The van der Waals surface area contributed by atoms with Crippen molar-refractivity contribution in [2.75, 3.05) is 14.2 Å². The van der Waals surface area contributed by atoms with Crippen LogP contribution in [0, 0.1) is 5.82 Å². The quantitative estimate of drug-likeness (QED) is 0.530. The highest BCUT2D eigenvalue weighted by molar-refractivity contribution is 5.95. The van der Waals surface area contributed by atoms with E-state index in [0.29, 0.717) is 28.4 Å². The molecule has 0 spiro atoms. The van der Waals surface area contributed by atoms with Crippen LogP contribution in [0.15, 0.2) is 60.7 Å². The molecule has 0 aromatic heterocycles. The highest BCUT2D eigenvalue weighted by Crippen LogP contribution is 2.37. The lowest BCUT2D eigenvalue weighted by molar-refractivity contribution is -0.112. The number of hydrogen-bond donors (Lipinski definition) is 0. The van der Waals surface area contributed by atoms with Crippen molar-refractivity contribution in [3.8, 4) is 17.2 Å². The monoisotopic (exact) mass is 424 g/mol. The highest BCUT2D eigenvalue weighted by Gasteiger charge is 2.26. The zero-order valence-corrected chi connectivity index (χ0v) is 17.1. The normalized spacial score (nSPS) is 14.9. The van der Waals surface area contributed by atoms with Crippen LogP contribution < -0.4 is 14.2 Å². The third-order valence-electron chi connectivity index (χ3n) is 4.89. The van der Waals surface area contributed by atoms with Gasteiger partial charge in [0.2, 0.25) is 6.29 Å². The van der Waals surface area contributed by atoms with Gasteiger partial charge in [-0.05, 0) is 24.3 Å². The van der Waals surface area contributed by atoms with Crippen LogP contribution >= 0.6 is 0 Å². The molecule has 0 aliphatic carbocycles. The van der Waals surface area contributed by atoms with Crippen molar-refractivity contribution >= 4 is 5.97 Å². The summed E-state index contributed by atoms with van der Waals surface area (Å²) in [6.45, 7) is -0.0183. The number of ether oxygens (including phenoxy) is 5. The summed E-state index contributed by atoms with van der Waals surface area (Å²) >= 11 is 0. The molecule has 160 valence electrons. The first-order chi connectivity index (χ1) is 15.1. The van der Waals surface area contributed by atoms with Gasteiger partial charge >= 0.3 is 5.97 Å². The first kappa shape index (κ1) is 20.7. The number of benzene rings is 3. The van der Waals surface area contributed by atoms with Crippen LogP contribution in [-0.4, -0.2) is 20.2 Å². The number of halogens is 1. The predicted octanol–water partition coefficient (Wildman–Crippen LogP) is 4.81. The third kappa shape index (κ3) is 4.32. The minimum absolute atomic E-state index is 0.157. The van der Waals surface area contributed by atoms with Gasteiger partial charge in [-0.25, -0.2) is 9.18 Å². The van der Waals surface area contributed by atoms with Crippen LogP contribution in [0.2, 0.25) is 0 Å². The summed E-state index contributed by atoms with van der Waals surface area (Å²) < 4.78 is 41.9. The molecule has 0 amide bonds. The van der Waals surface area contributed by atoms with Gasteiger partial charge in [0.05, 0.1) is 20.8 Å². The van der Waals surface area contributed by atoms with Crippen LogP contribution in [-0.2, 0) is 22.7 Å². The summed E-state index contributed by atoms with van der Waals surface area (Å²) in [6, 6.07) is 17.0. The maximum atomic E-state index is 14.2. The minimum Gasteiger partial charge on any atom is -0.496 e. The molecule has 1 aliphatic rings. The van der Waals surface area contributed by atoms with E-state index >= 15 is 0 Å². The van der Waals surface area contributed by atoms with Crippen molar-refractivity contribution in [2.24, 2.45) is 0 Å². The number of fused-ring (bicyclic) bond motifs is 1. The van der Waals surface area contributed by atoms with E-state index in [0.717, 1.165) is 5.56 Å². The van der Waals surface area contributed by atoms with Gasteiger partial charge in [-0.3, -0.25) is 0 Å². The van der Waals surface area contributed by atoms with Crippen LogP contribution in [0.25, 0.3) is 0 Å². The van der Waals surface area contributed by atoms with E-state index < -0.39 is 18.1 Å². The summed E-state index contributed by atoms with van der Waals surface area (Å²) in [4.78, 5) is 12.8. The molecule has 0 unspecified atom stereocenters. The third-order valence-corrected chi connectivity index (χ3v) is 4.89. The van der Waals surface area contributed by atoms with Crippen LogP contribution in [0.4, 0.5) is 4.39 Å². The summed E-state index contributed by atoms with van der Waals surface area (Å²) in [6.07, 6.45) is -0.636. The molecule has 1 aliphatic heterocycles. The second-order valence-corrected chi connectivity index (χ2v) is 6.84. The number of rotatable bonds is 6. The van der Waals surface area contributed by atoms with Crippen molar-refractivity contribution in [1.82, 2.24) is 0 Å². The van der Waals surface area contributed by atoms with Gasteiger partial charge in [0.1, 0.15) is 35.2 Å². The van der Waals surface area contributed by atoms with Gasteiger partial charge < -0.3 is 23.7 Å². The van der Waals surface area contributed by atoms with Gasteiger partial charge in [0.15, 0.2) is 0 Å². The molecule has 0 radical (unpaired) electrons. The van der Waals surface area contributed by atoms with E-state index in [1.165, 1.54) is 26.4 Å². The second kappa shape index (κ2) is 9.06. The van der Waals surface area contributed by atoms with Gasteiger partial charge in [-0.2, -0.15) is 0 Å². The van der Waals surface area contributed by atoms with Crippen molar-refractivity contribution in [2.45, 2.75) is 19.5 Å². The first-order valence-corrected chi connectivity index (χ1v) is 9.63. The zero-order chi connectivity index (χ0) is 21.8. The molecule has 0 N–H and O–H groups in total. The van der Waals surface area contributed by atoms with Gasteiger partial charge in [-0.1, -0.05) is 36.4 Å². The topological polar surface area (TPSA) is 63.2 Å². The summed E-state index contributed by atoms with van der Waals surface area (Å²) in [5.41, 5.74) is 1.94. The summed E-state index contributed by atoms with van der Waals surface area (Å²) in [7, 11) is 2.90. The Balaban J connectivity index is 1.58. The van der Waals surface area contributed by atoms with E-state index in [1.54, 1.807) is 18.2 Å². The minimum atomic E-state index is -0.654. The average molecular weight is 424 g/mol. The van der Waals surface area contributed by atoms with Crippen molar-refractivity contribution < 1.29 is 32.9 Å². The Morgan fingerprint density at radius 2 is 1.74 bits per heavy atom. The molecule has 1 heterocycles. The molecule has 0 fully saturated rings. The Morgan fingerprint density at radius 3 is 2.42 bits per heavy atom. The van der Waals surface area contributed by atoms with E-state index in [2.05, 4.69) is 0 Å². The summed E-state index contributed by atoms with van der Waals surface area (Å²) in [5.74, 6) is -0.0378. The molecule has 7 heteroatoms. The Kier molecular flexibility index (Phi) is 6.04. The molecule has 4 rings (SSSR count). The maximum absolute atomic E-state index is 14.2. The number of hydrogen-bond acceptors (Lipinski definition) is 6. The van der Waals surface area contributed by atoms with Crippen molar-refractivity contribution in [1.29, 1.82) is 0 Å². The van der Waals surface area contributed by atoms with E-state index in [1.807, 2.05) is 30.3 Å². The molecule has 0 saturated carbocycles. The smallest absolute Gasteiger partial charge is 0.346 e. The van der Waals surface area contributed by atoms with Gasteiger partial charge in [0.25, 0.3) is 0 Å². The Labute approximate surface area is 179 Å². The molecular formula is C24H21FO6. The van der Waals surface area contributed by atoms with E-state index in [-0.39, 0.29) is 18.8 Å². The van der Waals surface area contributed by atoms with E-state index in [9.17, 15) is 9.18 Å². The van der Waals surface area contributed by atoms with Crippen LogP contribution in [0.5, 0.6) is 17.2 Å². The Hall–Kier alpha value is -3.58. The van der Waals surface area contributed by atoms with Gasteiger partial charge in [-0.15, -0.1) is 0 Å². The number of methoxy groups -OCH3 is 2. The van der Waals surface area contributed by atoms with Gasteiger partial charge in [0, 0.05) is 16.7 Å². The largest absolute Gasteiger partial charge is 0.496 e. The average Bonchev–Trinajstić information content (AvgIpc) is 2.81. The molecule has 0 saturated heterocycles. The maximum Gasteiger partial charge on any atom is 0.346 e. The number of carbonyl (C=O) groups is 1. The van der Waals surface area contributed by atoms with Crippen molar-refractivity contribution in [3.05, 3.63) is 88.7 Å². The standard InChI is InChI=1S/C24H21FO6/c1-27-19-9-6-10-20(28-2)21(19)23(26)29-13-16-11-18(25)12-17-14-30-24(31-22(16)17)15-7-4-3-5-8-15/h3-12,24H,13-14H2,1-2H3/t24-/m1/s1. The molecule has 6 nitrogen and oxygen atoms in total. The lowest BCUT2D eigenvalue weighted by Crippen LogP contribution is -2.20. The zero-order valence-electron chi connectivity index (χ0n) is 17.1. The molecule has 3 aromatic rings. The summed E-state index contributed by atoms with van der Waals surface area (Å²) in [5, 5.41) is 0. The van der Waals surface area contributed by atoms with Crippen LogP contribution in [0.1, 0.15) is 33.3 Å². The molecule has 1 atom stereocenters. The first-order valence-electron chi connectivity index (χ1n) is 9.63. The second-order valence-electron chi connectivity index (χ2n) is 6.84. The highest BCUT2D eigenvalue weighted by atomic mass is 19.1. The molecular weight excluding hydrogens is 403 g/mol. The number of carbonyl (C=O) groups excluding carboxylic acids is 1. The fourth-order valence-electron chi connectivity index (χ4n) is 3.43. The molecule has 31 heavy (non-hydrogen) atoms. The SMILES string of the molecule is COc1cccc(OC)c1C(=O)OCc1cc(F)cc2c1O[C@H](c1ccccc1)OC2. The van der Waals surface area contributed by atoms with E-state index in [4.69, 9.17) is 23.7 Å². The lowest BCUT2D eigenvalue weighted by atomic mass is 10.1. The predicted molar refractivity (Wildman–Crippen MR) is 110 cm³/mol.